The van der Waals surface area contributed by atoms with Gasteiger partial charge in [-0.1, -0.05) is 10.2 Å². The molecule has 0 aromatic heterocycles. The molecule has 0 aromatic rings. The van der Waals surface area contributed by atoms with Gasteiger partial charge in [0.05, 0.1) is 6.04 Å². The number of hydrogen-bond acceptors (Lipinski definition) is 7. The van der Waals surface area contributed by atoms with Crippen LogP contribution in [0.4, 0.5) is 0 Å². The van der Waals surface area contributed by atoms with Crippen LogP contribution in [0.5, 0.6) is 0 Å². The van der Waals surface area contributed by atoms with Crippen molar-refractivity contribution in [1.29, 1.82) is 0 Å². The maximum absolute atomic E-state index is 11.3. The minimum atomic E-state index is -0.877. The van der Waals surface area contributed by atoms with E-state index in [1.165, 1.54) is 6.92 Å². The largest absolute Gasteiger partial charge is 0.457 e. The fourth-order valence-electron chi connectivity index (χ4n) is 2.53. The highest BCUT2D eigenvalue weighted by molar-refractivity contribution is 5.66. The predicted octanol–water partition coefficient (Wildman–Crippen LogP) is 1.78. The fraction of sp³-hybridized carbons (Fsp3) is 0.909. The lowest BCUT2D eigenvalue weighted by atomic mass is 10.0. The van der Waals surface area contributed by atoms with Crippen molar-refractivity contribution in [2.24, 2.45) is 10.2 Å². The topological polar surface area (TPSA) is 152 Å². The summed E-state index contributed by atoms with van der Waals surface area (Å²) in [6.07, 6.45) is -3.05. The number of ether oxygens (including phenoxy) is 4. The lowest BCUT2D eigenvalue weighted by molar-refractivity contribution is -0.220. The van der Waals surface area contributed by atoms with Gasteiger partial charge in [0, 0.05) is 23.3 Å². The minimum absolute atomic E-state index is 0.133. The average molecular weight is 312 g/mol. The summed E-state index contributed by atoms with van der Waals surface area (Å²) in [5, 5.41) is 6.94. The Bertz CT molecular complexity index is 541. The first-order chi connectivity index (χ1) is 10.4. The van der Waals surface area contributed by atoms with Gasteiger partial charge in [-0.25, -0.2) is 0 Å². The van der Waals surface area contributed by atoms with Gasteiger partial charge in [-0.3, -0.25) is 4.79 Å². The van der Waals surface area contributed by atoms with Crippen molar-refractivity contribution in [3.63, 3.8) is 0 Å². The first kappa shape index (κ1) is 16.3. The van der Waals surface area contributed by atoms with Crippen molar-refractivity contribution in [1.82, 2.24) is 0 Å². The second-order valence-electron chi connectivity index (χ2n) is 5.33. The Balaban J connectivity index is 2.24. The zero-order valence-electron chi connectivity index (χ0n) is 12.3. The van der Waals surface area contributed by atoms with Gasteiger partial charge in [-0.2, -0.15) is 0 Å². The quantitative estimate of drug-likeness (QED) is 0.328. The van der Waals surface area contributed by atoms with E-state index in [-0.39, 0.29) is 6.54 Å². The lowest BCUT2D eigenvalue weighted by Crippen LogP contribution is -2.43. The van der Waals surface area contributed by atoms with Crippen molar-refractivity contribution < 1.29 is 23.7 Å². The predicted molar refractivity (Wildman–Crippen MR) is 71.2 cm³/mol. The average Bonchev–Trinajstić information content (AvgIpc) is 2.88. The Labute approximate surface area is 125 Å². The van der Waals surface area contributed by atoms with Crippen LogP contribution in [0, 0.1) is 0 Å². The maximum atomic E-state index is 11.3. The van der Waals surface area contributed by atoms with Crippen molar-refractivity contribution in [2.45, 2.75) is 57.2 Å². The third-order valence-corrected chi connectivity index (χ3v) is 3.24. The standard InChI is InChI=1S/C11H16N6O5/c1-5(18)19-8-7(6(15-17-13)4-14-16-12)20-10-9(8)21-11(2,3)22-10/h6-10H,4H2,1-3H3/t6-,7+,8-,9+,10+/m0/s1. The Kier molecular flexibility index (Phi) is 4.74. The molecular weight excluding hydrogens is 296 g/mol. The number of carbonyl (C=O) groups excluding carboxylic acids is 1. The van der Waals surface area contributed by atoms with Crippen molar-refractivity contribution in [2.75, 3.05) is 6.54 Å². The van der Waals surface area contributed by atoms with Gasteiger partial charge < -0.3 is 18.9 Å². The molecule has 2 aliphatic rings. The number of hydrogen-bond donors (Lipinski definition) is 0. The van der Waals surface area contributed by atoms with E-state index >= 15 is 0 Å². The number of esters is 1. The molecule has 0 N–H and O–H groups in total. The Hall–Kier alpha value is -2.03. The lowest BCUT2D eigenvalue weighted by Gasteiger charge is -2.27. The Morgan fingerprint density at radius 1 is 1.36 bits per heavy atom. The molecule has 2 fully saturated rings. The van der Waals surface area contributed by atoms with E-state index < -0.39 is 42.4 Å². The van der Waals surface area contributed by atoms with E-state index in [2.05, 4.69) is 20.1 Å². The molecule has 2 saturated heterocycles. The highest BCUT2D eigenvalue weighted by Gasteiger charge is 2.57. The summed E-state index contributed by atoms with van der Waals surface area (Å²) in [5.41, 5.74) is 17.1. The normalized spacial score (nSPS) is 33.2. The number of azide groups is 2. The molecule has 11 nitrogen and oxygen atoms in total. The second-order valence-corrected chi connectivity index (χ2v) is 5.33. The van der Waals surface area contributed by atoms with Crippen molar-refractivity contribution in [3.05, 3.63) is 20.9 Å². The van der Waals surface area contributed by atoms with Gasteiger partial charge in [-0.05, 0) is 24.9 Å². The number of nitrogens with zero attached hydrogens (tertiary/aromatic N) is 6. The Morgan fingerprint density at radius 2 is 2.09 bits per heavy atom. The van der Waals surface area contributed by atoms with E-state index in [0.717, 1.165) is 0 Å². The van der Waals surface area contributed by atoms with Crippen LogP contribution in [-0.2, 0) is 23.7 Å². The molecule has 120 valence electrons. The molecule has 0 bridgehead atoms. The molecule has 0 aliphatic carbocycles. The SMILES string of the molecule is CC(=O)O[C@@H]1[C@H]2OC(C)(C)O[C@H]2O[C@@H]1[C@H](CN=[N+]=[N-])N=[N+]=[N-]. The first-order valence-electron chi connectivity index (χ1n) is 6.61. The van der Waals surface area contributed by atoms with Crippen LogP contribution < -0.4 is 0 Å². The van der Waals surface area contributed by atoms with Crippen LogP contribution in [0.2, 0.25) is 0 Å². The van der Waals surface area contributed by atoms with E-state index in [1.54, 1.807) is 13.8 Å². The molecule has 11 heteroatoms. The van der Waals surface area contributed by atoms with Crippen LogP contribution in [0.1, 0.15) is 20.8 Å². The molecule has 0 radical (unpaired) electrons. The van der Waals surface area contributed by atoms with Crippen LogP contribution in [-0.4, -0.2) is 48.9 Å². The van der Waals surface area contributed by atoms with E-state index in [1.807, 2.05) is 0 Å². The first-order valence-corrected chi connectivity index (χ1v) is 6.61. The van der Waals surface area contributed by atoms with Gasteiger partial charge in [0.15, 0.2) is 24.3 Å². The highest BCUT2D eigenvalue weighted by atomic mass is 16.8. The monoisotopic (exact) mass is 312 g/mol. The second kappa shape index (κ2) is 6.39. The number of fused-ring (bicyclic) bond motifs is 1. The third-order valence-electron chi connectivity index (χ3n) is 3.24. The zero-order valence-corrected chi connectivity index (χ0v) is 12.3. The van der Waals surface area contributed by atoms with Gasteiger partial charge in [-0.15, -0.1) is 0 Å². The molecule has 2 heterocycles. The molecule has 22 heavy (non-hydrogen) atoms. The van der Waals surface area contributed by atoms with E-state index in [9.17, 15) is 4.79 Å². The molecule has 2 rings (SSSR count). The smallest absolute Gasteiger partial charge is 0.303 e. The van der Waals surface area contributed by atoms with Crippen LogP contribution in [0.25, 0.3) is 20.9 Å². The zero-order chi connectivity index (χ0) is 16.3. The molecule has 2 aliphatic heterocycles. The molecule has 0 unspecified atom stereocenters. The molecule has 0 aromatic carbocycles. The van der Waals surface area contributed by atoms with Gasteiger partial charge >= 0.3 is 5.97 Å². The Morgan fingerprint density at radius 3 is 2.68 bits per heavy atom. The van der Waals surface area contributed by atoms with Gasteiger partial charge in [0.25, 0.3) is 0 Å². The summed E-state index contributed by atoms with van der Waals surface area (Å²) in [7, 11) is 0. The highest BCUT2D eigenvalue weighted by Crippen LogP contribution is 2.40. The molecular formula is C11H16N6O5. The summed E-state index contributed by atoms with van der Waals surface area (Å²) in [5.74, 6) is -1.41. The molecule has 0 saturated carbocycles. The summed E-state index contributed by atoms with van der Waals surface area (Å²) in [4.78, 5) is 16.7. The molecule has 0 amide bonds. The van der Waals surface area contributed by atoms with Gasteiger partial charge in [0.2, 0.25) is 0 Å². The summed E-state index contributed by atoms with van der Waals surface area (Å²) >= 11 is 0. The van der Waals surface area contributed by atoms with Crippen LogP contribution in [0.3, 0.4) is 0 Å². The van der Waals surface area contributed by atoms with Gasteiger partial charge in [0.1, 0.15) is 6.10 Å². The molecule has 5 atom stereocenters. The summed E-state index contributed by atoms with van der Waals surface area (Å²) < 4.78 is 22.2. The maximum Gasteiger partial charge on any atom is 0.303 e. The third kappa shape index (κ3) is 3.41. The fourth-order valence-corrected chi connectivity index (χ4v) is 2.53. The number of rotatable bonds is 5. The van der Waals surface area contributed by atoms with E-state index in [4.69, 9.17) is 30.0 Å². The minimum Gasteiger partial charge on any atom is -0.457 e. The van der Waals surface area contributed by atoms with E-state index in [0.29, 0.717) is 0 Å². The van der Waals surface area contributed by atoms with Crippen molar-refractivity contribution in [3.8, 4) is 0 Å². The van der Waals surface area contributed by atoms with Crippen LogP contribution in [0.15, 0.2) is 10.2 Å². The van der Waals surface area contributed by atoms with Crippen molar-refractivity contribution >= 4 is 5.97 Å². The van der Waals surface area contributed by atoms with Crippen LogP contribution >= 0.6 is 0 Å². The summed E-state index contributed by atoms with van der Waals surface area (Å²) in [6.45, 7) is 4.53. The number of carbonyl (C=O) groups is 1. The summed E-state index contributed by atoms with van der Waals surface area (Å²) in [6, 6.07) is -0.842. The molecule has 0 spiro atoms.